The van der Waals surface area contributed by atoms with E-state index in [9.17, 15) is 4.79 Å². The van der Waals surface area contributed by atoms with Crippen LogP contribution in [0.1, 0.15) is 18.9 Å². The van der Waals surface area contributed by atoms with E-state index in [1.807, 2.05) is 56.3 Å². The SMILES string of the molecule is Cc1ccc(OC[C@H](C)NC(=O)CCSc2ccccc2)cc1. The maximum atomic E-state index is 11.9. The number of aryl methyl sites for hydroxylation is 1. The molecule has 0 fully saturated rings. The smallest absolute Gasteiger partial charge is 0.221 e. The Bertz CT molecular complexity index is 599. The fourth-order valence-corrected chi connectivity index (χ4v) is 2.90. The molecule has 2 aromatic carbocycles. The van der Waals surface area contributed by atoms with Crippen molar-refractivity contribution in [1.82, 2.24) is 5.32 Å². The second kappa shape index (κ2) is 9.26. The topological polar surface area (TPSA) is 38.3 Å². The van der Waals surface area contributed by atoms with Crippen molar-refractivity contribution in [3.8, 4) is 5.75 Å². The molecule has 0 spiro atoms. The number of thioether (sulfide) groups is 1. The normalized spacial score (nSPS) is 11.7. The first-order valence-corrected chi connectivity index (χ1v) is 8.79. The van der Waals surface area contributed by atoms with E-state index in [0.717, 1.165) is 11.5 Å². The van der Waals surface area contributed by atoms with Gasteiger partial charge >= 0.3 is 0 Å². The molecule has 0 saturated carbocycles. The van der Waals surface area contributed by atoms with E-state index in [2.05, 4.69) is 17.4 Å². The third kappa shape index (κ3) is 6.78. The number of rotatable bonds is 8. The van der Waals surface area contributed by atoms with Gasteiger partial charge in [0.05, 0.1) is 6.04 Å². The molecule has 0 unspecified atom stereocenters. The van der Waals surface area contributed by atoms with Crippen LogP contribution in [0.2, 0.25) is 0 Å². The van der Waals surface area contributed by atoms with Gasteiger partial charge in [-0.05, 0) is 38.1 Å². The number of carbonyl (C=O) groups is 1. The third-order valence-corrected chi connectivity index (χ3v) is 4.28. The summed E-state index contributed by atoms with van der Waals surface area (Å²) in [5, 5.41) is 2.97. The van der Waals surface area contributed by atoms with E-state index in [0.29, 0.717) is 13.0 Å². The highest BCUT2D eigenvalue weighted by Gasteiger charge is 2.08. The molecule has 2 rings (SSSR count). The Morgan fingerprint density at radius 3 is 2.52 bits per heavy atom. The molecule has 1 amide bonds. The van der Waals surface area contributed by atoms with E-state index in [1.54, 1.807) is 11.8 Å². The lowest BCUT2D eigenvalue weighted by Crippen LogP contribution is -2.36. The zero-order valence-electron chi connectivity index (χ0n) is 13.6. The lowest BCUT2D eigenvalue weighted by molar-refractivity contribution is -0.121. The summed E-state index contributed by atoms with van der Waals surface area (Å²) in [5.41, 5.74) is 1.20. The molecule has 0 saturated heterocycles. The highest BCUT2D eigenvalue weighted by molar-refractivity contribution is 7.99. The van der Waals surface area contributed by atoms with Crippen molar-refractivity contribution in [2.45, 2.75) is 31.2 Å². The first-order valence-electron chi connectivity index (χ1n) is 7.80. The molecule has 122 valence electrons. The Labute approximate surface area is 142 Å². The maximum Gasteiger partial charge on any atom is 0.221 e. The molecule has 0 heterocycles. The van der Waals surface area contributed by atoms with E-state index in [1.165, 1.54) is 10.5 Å². The molecule has 0 aromatic heterocycles. The summed E-state index contributed by atoms with van der Waals surface area (Å²) < 4.78 is 5.68. The molecule has 1 atom stereocenters. The fraction of sp³-hybridized carbons (Fsp3) is 0.316. The Hall–Kier alpha value is -1.94. The van der Waals surface area contributed by atoms with Gasteiger partial charge < -0.3 is 10.1 Å². The first-order chi connectivity index (χ1) is 11.1. The van der Waals surface area contributed by atoms with Crippen molar-refractivity contribution in [1.29, 1.82) is 0 Å². The molecule has 0 aliphatic rings. The first kappa shape index (κ1) is 17.4. The Balaban J connectivity index is 1.63. The van der Waals surface area contributed by atoms with Crippen LogP contribution in [0, 0.1) is 6.92 Å². The van der Waals surface area contributed by atoms with Gasteiger partial charge in [-0.2, -0.15) is 0 Å². The van der Waals surface area contributed by atoms with E-state index in [4.69, 9.17) is 4.74 Å². The van der Waals surface area contributed by atoms with Gasteiger partial charge in [-0.1, -0.05) is 35.9 Å². The summed E-state index contributed by atoms with van der Waals surface area (Å²) in [6, 6.07) is 18.0. The van der Waals surface area contributed by atoms with Crippen LogP contribution in [-0.2, 0) is 4.79 Å². The van der Waals surface area contributed by atoms with Gasteiger partial charge in [-0.3, -0.25) is 4.79 Å². The van der Waals surface area contributed by atoms with Crippen LogP contribution in [0.5, 0.6) is 5.75 Å². The Morgan fingerprint density at radius 2 is 1.83 bits per heavy atom. The summed E-state index contributed by atoms with van der Waals surface area (Å²) >= 11 is 1.70. The predicted octanol–water partition coefficient (Wildman–Crippen LogP) is 4.06. The van der Waals surface area contributed by atoms with Gasteiger partial charge in [0.25, 0.3) is 0 Å². The third-order valence-electron chi connectivity index (χ3n) is 3.27. The molecule has 3 nitrogen and oxygen atoms in total. The summed E-state index contributed by atoms with van der Waals surface area (Å²) in [4.78, 5) is 13.1. The Kier molecular flexibility index (Phi) is 7.01. The van der Waals surface area contributed by atoms with Crippen LogP contribution in [0.25, 0.3) is 0 Å². The number of benzene rings is 2. The van der Waals surface area contributed by atoms with Crippen molar-refractivity contribution in [3.63, 3.8) is 0 Å². The summed E-state index contributed by atoms with van der Waals surface area (Å²) in [5.74, 6) is 1.67. The molecule has 0 bridgehead atoms. The highest BCUT2D eigenvalue weighted by atomic mass is 32.2. The number of hydrogen-bond donors (Lipinski definition) is 1. The van der Waals surface area contributed by atoms with Crippen molar-refractivity contribution in [3.05, 3.63) is 60.2 Å². The van der Waals surface area contributed by atoms with Crippen LogP contribution < -0.4 is 10.1 Å². The standard InChI is InChI=1S/C19H23NO2S/c1-15-8-10-17(11-9-15)22-14-16(2)20-19(21)12-13-23-18-6-4-3-5-7-18/h3-11,16H,12-14H2,1-2H3,(H,20,21)/t16-/m0/s1. The lowest BCUT2D eigenvalue weighted by atomic mass is 10.2. The van der Waals surface area contributed by atoms with Crippen molar-refractivity contribution in [2.24, 2.45) is 0 Å². The molecule has 0 aliphatic heterocycles. The number of hydrogen-bond acceptors (Lipinski definition) is 3. The molecular formula is C19H23NO2S. The van der Waals surface area contributed by atoms with Gasteiger partial charge in [-0.25, -0.2) is 0 Å². The van der Waals surface area contributed by atoms with E-state index in [-0.39, 0.29) is 11.9 Å². The minimum absolute atomic E-state index is 0.00877. The van der Waals surface area contributed by atoms with Crippen LogP contribution >= 0.6 is 11.8 Å². The van der Waals surface area contributed by atoms with E-state index < -0.39 is 0 Å². The lowest BCUT2D eigenvalue weighted by Gasteiger charge is -2.15. The number of nitrogens with one attached hydrogen (secondary N) is 1. The monoisotopic (exact) mass is 329 g/mol. The summed E-state index contributed by atoms with van der Waals surface area (Å²) in [7, 11) is 0. The van der Waals surface area contributed by atoms with Crippen LogP contribution in [-0.4, -0.2) is 24.3 Å². The van der Waals surface area contributed by atoms with Crippen LogP contribution in [0.4, 0.5) is 0 Å². The second-order valence-corrected chi connectivity index (χ2v) is 6.67. The van der Waals surface area contributed by atoms with Crippen LogP contribution in [0.15, 0.2) is 59.5 Å². The van der Waals surface area contributed by atoms with Crippen molar-refractivity contribution in [2.75, 3.05) is 12.4 Å². The van der Waals surface area contributed by atoms with Gasteiger partial charge in [0, 0.05) is 17.1 Å². The minimum atomic E-state index is -0.00877. The summed E-state index contributed by atoms with van der Waals surface area (Å²) in [6.45, 7) is 4.47. The molecule has 23 heavy (non-hydrogen) atoms. The molecule has 2 aromatic rings. The van der Waals surface area contributed by atoms with Gasteiger partial charge in [0.2, 0.25) is 5.91 Å². The molecule has 1 N–H and O–H groups in total. The predicted molar refractivity (Wildman–Crippen MR) is 96.1 cm³/mol. The van der Waals surface area contributed by atoms with Crippen molar-refractivity contribution < 1.29 is 9.53 Å². The summed E-state index contributed by atoms with van der Waals surface area (Å²) in [6.07, 6.45) is 0.508. The average Bonchev–Trinajstić information content (AvgIpc) is 2.55. The largest absolute Gasteiger partial charge is 0.491 e. The van der Waals surface area contributed by atoms with E-state index >= 15 is 0 Å². The van der Waals surface area contributed by atoms with Gasteiger partial charge in [-0.15, -0.1) is 11.8 Å². The maximum absolute atomic E-state index is 11.9. The fourth-order valence-electron chi connectivity index (χ4n) is 2.02. The van der Waals surface area contributed by atoms with Gasteiger partial charge in [0.15, 0.2) is 0 Å². The molecule has 0 aliphatic carbocycles. The Morgan fingerprint density at radius 1 is 1.13 bits per heavy atom. The highest BCUT2D eigenvalue weighted by Crippen LogP contribution is 2.17. The second-order valence-electron chi connectivity index (χ2n) is 5.50. The average molecular weight is 329 g/mol. The zero-order chi connectivity index (χ0) is 16.5. The number of amides is 1. The number of carbonyl (C=O) groups excluding carboxylic acids is 1. The molecule has 0 radical (unpaired) electrons. The molecule has 4 heteroatoms. The van der Waals surface area contributed by atoms with Gasteiger partial charge in [0.1, 0.15) is 12.4 Å². The zero-order valence-corrected chi connectivity index (χ0v) is 14.4. The van der Waals surface area contributed by atoms with Crippen molar-refractivity contribution >= 4 is 17.7 Å². The minimum Gasteiger partial charge on any atom is -0.491 e. The quantitative estimate of drug-likeness (QED) is 0.742. The number of ether oxygens (including phenoxy) is 1. The van der Waals surface area contributed by atoms with Crippen LogP contribution in [0.3, 0.4) is 0 Å². The molecular weight excluding hydrogens is 306 g/mol.